The predicted molar refractivity (Wildman–Crippen MR) is 152 cm³/mol. The Morgan fingerprint density at radius 1 is 0.975 bits per heavy atom. The Bertz CT molecular complexity index is 1540. The topological polar surface area (TPSA) is 159 Å². The first-order valence-electron chi connectivity index (χ1n) is 12.9. The molecule has 0 saturated heterocycles. The highest BCUT2D eigenvalue weighted by atomic mass is 16.4. The molecule has 0 unspecified atom stereocenters. The minimum absolute atomic E-state index is 0.125. The number of hydrogen-bond donors (Lipinski definition) is 4. The molecule has 0 saturated carbocycles. The molecule has 4 rings (SSSR count). The van der Waals surface area contributed by atoms with Crippen molar-refractivity contribution in [2.45, 2.75) is 38.5 Å². The number of hydrogen-bond acceptors (Lipinski definition) is 8. The summed E-state index contributed by atoms with van der Waals surface area (Å²) >= 11 is 0. The number of nitrogens with zero attached hydrogens (tertiary/aromatic N) is 4. The third-order valence-electron chi connectivity index (χ3n) is 6.89. The summed E-state index contributed by atoms with van der Waals surface area (Å²) in [6.45, 7) is 4.82. The van der Waals surface area contributed by atoms with Crippen LogP contribution in [0.25, 0.3) is 22.2 Å². The molecule has 4 N–H and O–H groups in total. The lowest BCUT2D eigenvalue weighted by molar-refractivity contribution is -0.138. The first-order chi connectivity index (χ1) is 19.2. The van der Waals surface area contributed by atoms with Crippen LogP contribution in [0.3, 0.4) is 0 Å². The Morgan fingerprint density at radius 2 is 1.80 bits per heavy atom. The number of nitrogens with one attached hydrogen (secondary N) is 3. The van der Waals surface area contributed by atoms with Crippen LogP contribution in [-0.4, -0.2) is 56.4 Å². The maximum Gasteiger partial charge on any atom is 0.303 e. The average molecular weight is 542 g/mol. The van der Waals surface area contributed by atoms with Gasteiger partial charge in [0.25, 0.3) is 5.91 Å². The fourth-order valence-corrected chi connectivity index (χ4v) is 4.35. The van der Waals surface area contributed by atoms with Crippen LogP contribution >= 0.6 is 0 Å². The maximum absolute atomic E-state index is 12.4. The number of anilines is 2. The Hall–Kier alpha value is -4.93. The number of benzene rings is 1. The standard InChI is InChI=1S/C29H31N7O4/c1-4-29(2,21-7-5-6-19-20(28(40)30-3)12-13-31-27(19)21)16-33-24-14-22(34-17-35-24)18-8-9-23(32-15-18)36-25(37)10-11-26(38)39/h5-9,12-15,17H,4,10-11,16H2,1-3H3,(H,30,40)(H,38,39)(H,32,36,37)(H,33,34,35)/t29-/m1/s1. The van der Waals surface area contributed by atoms with E-state index in [0.29, 0.717) is 29.4 Å². The summed E-state index contributed by atoms with van der Waals surface area (Å²) in [6.07, 6.45) is 5.16. The van der Waals surface area contributed by atoms with E-state index in [4.69, 9.17) is 5.11 Å². The van der Waals surface area contributed by atoms with E-state index < -0.39 is 11.9 Å². The number of carbonyl (C=O) groups excluding carboxylic acids is 2. The van der Waals surface area contributed by atoms with Gasteiger partial charge in [-0.25, -0.2) is 15.0 Å². The second-order valence-corrected chi connectivity index (χ2v) is 9.57. The van der Waals surface area contributed by atoms with Crippen molar-refractivity contribution in [2.24, 2.45) is 0 Å². The van der Waals surface area contributed by atoms with Crippen LogP contribution in [0.5, 0.6) is 0 Å². The van der Waals surface area contributed by atoms with Crippen LogP contribution in [0, 0.1) is 0 Å². The molecule has 11 nitrogen and oxygen atoms in total. The molecule has 0 aliphatic rings. The fraction of sp³-hybridized carbons (Fsp3) is 0.276. The lowest BCUT2D eigenvalue weighted by Gasteiger charge is -2.30. The van der Waals surface area contributed by atoms with Crippen molar-refractivity contribution < 1.29 is 19.5 Å². The Labute approximate surface area is 231 Å². The van der Waals surface area contributed by atoms with E-state index in [1.54, 1.807) is 37.6 Å². The average Bonchev–Trinajstić information content (AvgIpc) is 2.98. The molecule has 0 bridgehead atoms. The molecular formula is C29H31N7O4. The molecule has 0 radical (unpaired) electrons. The van der Waals surface area contributed by atoms with Gasteiger partial charge in [0.05, 0.1) is 23.2 Å². The number of aliphatic carboxylic acids is 1. The van der Waals surface area contributed by atoms with Gasteiger partial charge in [-0.2, -0.15) is 0 Å². The van der Waals surface area contributed by atoms with Crippen molar-refractivity contribution >= 4 is 40.3 Å². The van der Waals surface area contributed by atoms with Crippen molar-refractivity contribution in [2.75, 3.05) is 24.2 Å². The van der Waals surface area contributed by atoms with E-state index >= 15 is 0 Å². The van der Waals surface area contributed by atoms with Crippen LogP contribution in [0.4, 0.5) is 11.6 Å². The first-order valence-corrected chi connectivity index (χ1v) is 12.9. The zero-order chi connectivity index (χ0) is 28.7. The molecule has 3 heterocycles. The molecule has 0 aliphatic heterocycles. The highest BCUT2D eigenvalue weighted by Crippen LogP contribution is 2.34. The monoisotopic (exact) mass is 541 g/mol. The molecule has 0 spiro atoms. The van der Waals surface area contributed by atoms with Crippen molar-refractivity contribution in [3.8, 4) is 11.3 Å². The summed E-state index contributed by atoms with van der Waals surface area (Å²) < 4.78 is 0. The van der Waals surface area contributed by atoms with Crippen molar-refractivity contribution in [1.82, 2.24) is 25.3 Å². The largest absolute Gasteiger partial charge is 0.481 e. The van der Waals surface area contributed by atoms with Gasteiger partial charge in [-0.3, -0.25) is 19.4 Å². The maximum atomic E-state index is 12.4. The zero-order valence-corrected chi connectivity index (χ0v) is 22.6. The Morgan fingerprint density at radius 3 is 2.50 bits per heavy atom. The fourth-order valence-electron chi connectivity index (χ4n) is 4.35. The SMILES string of the molecule is CC[C@](C)(CNc1cc(-c2ccc(NC(=O)CCC(=O)O)nc2)ncn1)c1cccc2c(C(=O)NC)ccnc12. The van der Waals surface area contributed by atoms with Gasteiger partial charge in [-0.05, 0) is 30.2 Å². The van der Waals surface area contributed by atoms with Crippen molar-refractivity contribution in [3.63, 3.8) is 0 Å². The predicted octanol–water partition coefficient (Wildman–Crippen LogP) is 4.03. The quantitative estimate of drug-likeness (QED) is 0.220. The first kappa shape index (κ1) is 28.1. The van der Waals surface area contributed by atoms with Crippen LogP contribution in [0.1, 0.15) is 49.0 Å². The second kappa shape index (κ2) is 12.3. The zero-order valence-electron chi connectivity index (χ0n) is 22.6. The van der Waals surface area contributed by atoms with Crippen LogP contribution in [0.2, 0.25) is 0 Å². The molecule has 0 aliphatic carbocycles. The van der Waals surface area contributed by atoms with Gasteiger partial charge in [-0.15, -0.1) is 0 Å². The molecule has 4 aromatic rings. The molecule has 0 fully saturated rings. The molecule has 1 atom stereocenters. The minimum atomic E-state index is -1.03. The Kier molecular flexibility index (Phi) is 8.63. The Balaban J connectivity index is 1.51. The number of aromatic nitrogens is 4. The van der Waals surface area contributed by atoms with Gasteiger partial charge in [0.1, 0.15) is 18.0 Å². The number of rotatable bonds is 11. The van der Waals surface area contributed by atoms with Gasteiger partial charge in [0.2, 0.25) is 5.91 Å². The third kappa shape index (κ3) is 6.37. The molecular weight excluding hydrogens is 510 g/mol. The summed E-state index contributed by atoms with van der Waals surface area (Å²) in [5, 5.41) is 18.2. The number of pyridine rings is 2. The molecule has 206 valence electrons. The van der Waals surface area contributed by atoms with Gasteiger partial charge in [0, 0.05) is 54.8 Å². The smallest absolute Gasteiger partial charge is 0.303 e. The number of para-hydroxylation sites is 1. The highest BCUT2D eigenvalue weighted by Gasteiger charge is 2.28. The van der Waals surface area contributed by atoms with E-state index in [1.165, 1.54) is 6.33 Å². The number of carbonyl (C=O) groups is 3. The van der Waals surface area contributed by atoms with Gasteiger partial charge < -0.3 is 21.1 Å². The van der Waals surface area contributed by atoms with Gasteiger partial charge in [0.15, 0.2) is 0 Å². The minimum Gasteiger partial charge on any atom is -0.481 e. The van der Waals surface area contributed by atoms with Crippen LogP contribution < -0.4 is 16.0 Å². The summed E-state index contributed by atoms with van der Waals surface area (Å²) in [6, 6.07) is 12.9. The molecule has 40 heavy (non-hydrogen) atoms. The number of fused-ring (bicyclic) bond motifs is 1. The molecule has 3 aromatic heterocycles. The lowest BCUT2D eigenvalue weighted by Crippen LogP contribution is -2.31. The number of amides is 2. The summed E-state index contributed by atoms with van der Waals surface area (Å²) in [5.74, 6) is -0.641. The van der Waals surface area contributed by atoms with E-state index in [2.05, 4.69) is 49.7 Å². The number of carboxylic acids is 1. The molecule has 11 heteroatoms. The second-order valence-electron chi connectivity index (χ2n) is 9.57. The number of carboxylic acid groups (broad SMARTS) is 1. The van der Waals surface area contributed by atoms with Gasteiger partial charge in [-0.1, -0.05) is 32.0 Å². The van der Waals surface area contributed by atoms with E-state index in [1.807, 2.05) is 24.3 Å². The summed E-state index contributed by atoms with van der Waals surface area (Å²) in [4.78, 5) is 52.6. The third-order valence-corrected chi connectivity index (χ3v) is 6.89. The summed E-state index contributed by atoms with van der Waals surface area (Å²) in [7, 11) is 1.61. The highest BCUT2D eigenvalue weighted by molar-refractivity contribution is 6.06. The normalized spacial score (nSPS) is 12.4. The van der Waals surface area contributed by atoms with E-state index in [0.717, 1.165) is 28.5 Å². The lowest BCUT2D eigenvalue weighted by atomic mass is 9.78. The summed E-state index contributed by atoms with van der Waals surface area (Å²) in [5.41, 5.74) is 3.47. The van der Waals surface area contributed by atoms with E-state index in [-0.39, 0.29) is 24.2 Å². The van der Waals surface area contributed by atoms with Crippen LogP contribution in [-0.2, 0) is 15.0 Å². The van der Waals surface area contributed by atoms with Gasteiger partial charge >= 0.3 is 5.97 Å². The van der Waals surface area contributed by atoms with Crippen molar-refractivity contribution in [3.05, 3.63) is 72.3 Å². The molecule has 1 aromatic carbocycles. The van der Waals surface area contributed by atoms with E-state index in [9.17, 15) is 14.4 Å². The van der Waals surface area contributed by atoms with Crippen molar-refractivity contribution in [1.29, 1.82) is 0 Å². The molecule has 2 amide bonds. The van der Waals surface area contributed by atoms with Crippen LogP contribution in [0.15, 0.2) is 61.2 Å².